The van der Waals surface area contributed by atoms with Crippen LogP contribution in [0.3, 0.4) is 0 Å². The van der Waals surface area contributed by atoms with Crippen LogP contribution >= 0.6 is 15.9 Å². The molecule has 0 aliphatic heterocycles. The summed E-state index contributed by atoms with van der Waals surface area (Å²) in [7, 11) is 1.63. The Balaban J connectivity index is 3.32. The predicted molar refractivity (Wildman–Crippen MR) is 65.4 cm³/mol. The van der Waals surface area contributed by atoms with E-state index >= 15 is 0 Å². The number of methoxy groups -OCH3 is 1. The molecule has 0 aliphatic rings. The van der Waals surface area contributed by atoms with Crippen LogP contribution in [0, 0.1) is 0 Å². The van der Waals surface area contributed by atoms with Gasteiger partial charge in [-0.3, -0.25) is 0 Å². The van der Waals surface area contributed by atoms with Gasteiger partial charge >= 0.3 is 0 Å². The van der Waals surface area contributed by atoms with Crippen molar-refractivity contribution in [2.24, 2.45) is 0 Å². The number of hydrogen-bond acceptors (Lipinski definition) is 2. The van der Waals surface area contributed by atoms with Gasteiger partial charge in [0.1, 0.15) is 5.75 Å². The van der Waals surface area contributed by atoms with Gasteiger partial charge in [0.2, 0.25) is 0 Å². The molecule has 15 heavy (non-hydrogen) atoms. The molecule has 1 aromatic rings. The van der Waals surface area contributed by atoms with Crippen molar-refractivity contribution in [3.63, 3.8) is 0 Å². The highest BCUT2D eigenvalue weighted by atomic mass is 79.9. The summed E-state index contributed by atoms with van der Waals surface area (Å²) >= 11 is 3.44. The van der Waals surface area contributed by atoms with Crippen molar-refractivity contribution in [3.8, 4) is 5.75 Å². The first-order valence-corrected chi connectivity index (χ1v) is 5.82. The molecule has 0 saturated carbocycles. The van der Waals surface area contributed by atoms with Crippen molar-refractivity contribution < 1.29 is 9.84 Å². The van der Waals surface area contributed by atoms with E-state index in [1.54, 1.807) is 14.0 Å². The van der Waals surface area contributed by atoms with Crippen LogP contribution in [0.4, 0.5) is 0 Å². The van der Waals surface area contributed by atoms with E-state index in [-0.39, 0.29) is 0 Å². The fraction of sp³-hybridized carbons (Fsp3) is 0.500. The molecule has 0 aliphatic carbocycles. The zero-order valence-corrected chi connectivity index (χ0v) is 11.1. The average Bonchev–Trinajstić information content (AvgIpc) is 2.17. The fourth-order valence-electron chi connectivity index (χ4n) is 1.43. The summed E-state index contributed by atoms with van der Waals surface area (Å²) in [5, 5.41) is 9.65. The van der Waals surface area contributed by atoms with E-state index < -0.39 is 6.10 Å². The van der Waals surface area contributed by atoms with Gasteiger partial charge in [-0.2, -0.15) is 0 Å². The standard InChI is InChI=1S/C12H17BrO2/c1-7(2)9-5-10(8(3)14)12(13)11(6-9)15-4/h5-8,14H,1-4H3. The van der Waals surface area contributed by atoms with Crippen molar-refractivity contribution in [1.29, 1.82) is 0 Å². The van der Waals surface area contributed by atoms with E-state index in [2.05, 4.69) is 29.8 Å². The Morgan fingerprint density at radius 1 is 1.27 bits per heavy atom. The van der Waals surface area contributed by atoms with E-state index in [1.807, 2.05) is 12.1 Å². The number of ether oxygens (including phenoxy) is 1. The smallest absolute Gasteiger partial charge is 0.133 e. The number of hydrogen-bond donors (Lipinski definition) is 1. The minimum absolute atomic E-state index is 0.421. The van der Waals surface area contributed by atoms with Gasteiger partial charge in [-0.25, -0.2) is 0 Å². The molecule has 84 valence electrons. The quantitative estimate of drug-likeness (QED) is 0.911. The van der Waals surface area contributed by atoms with Crippen molar-refractivity contribution in [2.75, 3.05) is 7.11 Å². The molecule has 3 heteroatoms. The van der Waals surface area contributed by atoms with Gasteiger partial charge in [-0.15, -0.1) is 0 Å². The van der Waals surface area contributed by atoms with Gasteiger partial charge in [0.15, 0.2) is 0 Å². The van der Waals surface area contributed by atoms with E-state index in [0.717, 1.165) is 15.8 Å². The van der Waals surface area contributed by atoms with Crippen LogP contribution in [0.1, 0.15) is 43.9 Å². The third kappa shape index (κ3) is 2.73. The lowest BCUT2D eigenvalue weighted by Gasteiger charge is -2.15. The van der Waals surface area contributed by atoms with Gasteiger partial charge in [0.05, 0.1) is 17.7 Å². The summed E-state index contributed by atoms with van der Waals surface area (Å²) in [5.74, 6) is 1.20. The molecule has 0 saturated heterocycles. The molecule has 0 amide bonds. The maximum Gasteiger partial charge on any atom is 0.133 e. The second-order valence-electron chi connectivity index (χ2n) is 3.96. The Morgan fingerprint density at radius 3 is 2.27 bits per heavy atom. The first kappa shape index (κ1) is 12.5. The van der Waals surface area contributed by atoms with Crippen LogP contribution in [0.25, 0.3) is 0 Å². The molecule has 0 radical (unpaired) electrons. The molecule has 0 spiro atoms. The third-order valence-corrected chi connectivity index (χ3v) is 3.28. The topological polar surface area (TPSA) is 29.5 Å². The third-order valence-electron chi connectivity index (χ3n) is 2.43. The molecular formula is C12H17BrO2. The van der Waals surface area contributed by atoms with Gasteiger partial charge in [-0.1, -0.05) is 19.9 Å². The van der Waals surface area contributed by atoms with Gasteiger partial charge in [0.25, 0.3) is 0 Å². The maximum absolute atomic E-state index is 9.65. The zero-order chi connectivity index (χ0) is 11.6. The summed E-state index contributed by atoms with van der Waals surface area (Å²) in [6, 6.07) is 4.02. The summed E-state index contributed by atoms with van der Waals surface area (Å²) in [6.45, 7) is 5.99. The summed E-state index contributed by atoms with van der Waals surface area (Å²) in [5.41, 5.74) is 2.05. The number of rotatable bonds is 3. The lowest BCUT2D eigenvalue weighted by Crippen LogP contribution is -1.99. The fourth-order valence-corrected chi connectivity index (χ4v) is 2.15. The Morgan fingerprint density at radius 2 is 1.87 bits per heavy atom. The Bertz CT molecular complexity index is 346. The number of halogens is 1. The second kappa shape index (κ2) is 4.99. The summed E-state index contributed by atoms with van der Waals surface area (Å²) in [6.07, 6.45) is -0.494. The maximum atomic E-state index is 9.65. The largest absolute Gasteiger partial charge is 0.496 e. The Kier molecular flexibility index (Phi) is 4.17. The van der Waals surface area contributed by atoms with Crippen molar-refractivity contribution in [3.05, 3.63) is 27.7 Å². The molecule has 0 bridgehead atoms. The lowest BCUT2D eigenvalue weighted by atomic mass is 9.98. The minimum atomic E-state index is -0.494. The van der Waals surface area contributed by atoms with Crippen LogP contribution in [-0.4, -0.2) is 12.2 Å². The highest BCUT2D eigenvalue weighted by molar-refractivity contribution is 9.10. The Hall–Kier alpha value is -0.540. The van der Waals surface area contributed by atoms with E-state index in [1.165, 1.54) is 5.56 Å². The van der Waals surface area contributed by atoms with Crippen LogP contribution in [0.5, 0.6) is 5.75 Å². The molecule has 0 heterocycles. The van der Waals surface area contributed by atoms with Crippen molar-refractivity contribution in [2.45, 2.75) is 32.8 Å². The monoisotopic (exact) mass is 272 g/mol. The van der Waals surface area contributed by atoms with Gasteiger partial charge in [0, 0.05) is 0 Å². The molecular weight excluding hydrogens is 256 g/mol. The highest BCUT2D eigenvalue weighted by Crippen LogP contribution is 2.35. The number of aliphatic hydroxyl groups excluding tert-OH is 1. The zero-order valence-electron chi connectivity index (χ0n) is 9.54. The van der Waals surface area contributed by atoms with Crippen molar-refractivity contribution >= 4 is 15.9 Å². The van der Waals surface area contributed by atoms with Gasteiger partial charge < -0.3 is 9.84 Å². The normalized spacial score (nSPS) is 13.0. The number of benzene rings is 1. The molecule has 1 rings (SSSR count). The van der Waals surface area contributed by atoms with E-state index in [9.17, 15) is 5.11 Å². The van der Waals surface area contributed by atoms with E-state index in [0.29, 0.717) is 5.92 Å². The van der Waals surface area contributed by atoms with Crippen LogP contribution in [-0.2, 0) is 0 Å². The first-order valence-electron chi connectivity index (χ1n) is 5.02. The van der Waals surface area contributed by atoms with Crippen LogP contribution in [0.15, 0.2) is 16.6 Å². The number of aliphatic hydroxyl groups is 1. The summed E-state index contributed by atoms with van der Waals surface area (Å²) < 4.78 is 6.11. The average molecular weight is 273 g/mol. The molecule has 0 fully saturated rings. The molecule has 2 nitrogen and oxygen atoms in total. The van der Waals surface area contributed by atoms with Crippen LogP contribution < -0.4 is 4.74 Å². The molecule has 0 aromatic heterocycles. The second-order valence-corrected chi connectivity index (χ2v) is 4.75. The predicted octanol–water partition coefficient (Wildman–Crippen LogP) is 3.63. The lowest BCUT2D eigenvalue weighted by molar-refractivity contribution is 0.198. The minimum Gasteiger partial charge on any atom is -0.496 e. The van der Waals surface area contributed by atoms with Crippen LogP contribution in [0.2, 0.25) is 0 Å². The molecule has 1 unspecified atom stereocenters. The highest BCUT2D eigenvalue weighted by Gasteiger charge is 2.14. The SMILES string of the molecule is COc1cc(C(C)C)cc(C(C)O)c1Br. The van der Waals surface area contributed by atoms with E-state index in [4.69, 9.17) is 4.74 Å². The van der Waals surface area contributed by atoms with Crippen molar-refractivity contribution in [1.82, 2.24) is 0 Å². The molecule has 1 atom stereocenters. The Labute approximate surface area is 99.4 Å². The first-order chi connectivity index (χ1) is 6.97. The summed E-state index contributed by atoms with van der Waals surface area (Å²) in [4.78, 5) is 0. The molecule has 1 aromatic carbocycles. The molecule has 1 N–H and O–H groups in total. The van der Waals surface area contributed by atoms with Gasteiger partial charge in [-0.05, 0) is 46.0 Å².